The molecule has 0 bridgehead atoms. The predicted octanol–water partition coefficient (Wildman–Crippen LogP) is 2.17. The molecule has 118 valence electrons. The molecule has 1 saturated carbocycles. The maximum atomic E-state index is 12.0. The van der Waals surface area contributed by atoms with Crippen LogP contribution >= 0.6 is 0 Å². The van der Waals surface area contributed by atoms with Crippen molar-refractivity contribution < 1.29 is 14.5 Å². The van der Waals surface area contributed by atoms with Crippen molar-refractivity contribution in [3.05, 3.63) is 28.3 Å². The lowest BCUT2D eigenvalue weighted by Crippen LogP contribution is -2.29. The van der Waals surface area contributed by atoms with Crippen molar-refractivity contribution in [3.63, 3.8) is 0 Å². The lowest BCUT2D eigenvalue weighted by molar-refractivity contribution is -0.385. The molecule has 0 aromatic heterocycles. The number of hydrogen-bond donors (Lipinski definition) is 1. The highest BCUT2D eigenvalue weighted by Gasteiger charge is 2.39. The molecule has 2 aliphatic rings. The fourth-order valence-corrected chi connectivity index (χ4v) is 2.89. The SMILES string of the molecule is CCOc1cccc(N[C@@H]2CC(=O)N(C3CC3)C2)c1[N+](=O)[O-]. The zero-order valence-electron chi connectivity index (χ0n) is 12.4. The van der Waals surface area contributed by atoms with E-state index in [1.807, 2.05) is 4.90 Å². The summed E-state index contributed by atoms with van der Waals surface area (Å²) in [6, 6.07) is 5.25. The van der Waals surface area contributed by atoms with Crippen LogP contribution < -0.4 is 10.1 Å². The minimum absolute atomic E-state index is 0.0679. The van der Waals surface area contributed by atoms with E-state index in [1.54, 1.807) is 25.1 Å². The zero-order valence-corrected chi connectivity index (χ0v) is 12.4. The molecule has 7 nitrogen and oxygen atoms in total. The molecule has 2 fully saturated rings. The Kier molecular flexibility index (Phi) is 3.87. The molecule has 7 heteroatoms. The van der Waals surface area contributed by atoms with Gasteiger partial charge in [0, 0.05) is 19.0 Å². The largest absolute Gasteiger partial charge is 0.487 e. The maximum absolute atomic E-state index is 12.0. The Hall–Kier alpha value is -2.31. The lowest BCUT2D eigenvalue weighted by Gasteiger charge is -2.17. The molecule has 0 spiro atoms. The van der Waals surface area contributed by atoms with Gasteiger partial charge in [-0.3, -0.25) is 14.9 Å². The highest BCUT2D eigenvalue weighted by Crippen LogP contribution is 2.37. The maximum Gasteiger partial charge on any atom is 0.333 e. The summed E-state index contributed by atoms with van der Waals surface area (Å²) in [6.07, 6.45) is 2.52. The van der Waals surface area contributed by atoms with Gasteiger partial charge < -0.3 is 15.0 Å². The van der Waals surface area contributed by atoms with Crippen molar-refractivity contribution >= 4 is 17.3 Å². The number of nitrogens with one attached hydrogen (secondary N) is 1. The van der Waals surface area contributed by atoms with E-state index in [2.05, 4.69) is 5.32 Å². The first-order valence-corrected chi connectivity index (χ1v) is 7.56. The molecule has 1 amide bonds. The molecule has 22 heavy (non-hydrogen) atoms. The number of rotatable bonds is 6. The molecule has 1 aliphatic carbocycles. The number of anilines is 1. The van der Waals surface area contributed by atoms with Crippen molar-refractivity contribution in [2.75, 3.05) is 18.5 Å². The zero-order chi connectivity index (χ0) is 15.7. The van der Waals surface area contributed by atoms with Crippen molar-refractivity contribution in [1.29, 1.82) is 0 Å². The quantitative estimate of drug-likeness (QED) is 0.643. The van der Waals surface area contributed by atoms with Gasteiger partial charge in [0.05, 0.1) is 17.6 Å². The van der Waals surface area contributed by atoms with E-state index in [0.29, 0.717) is 31.3 Å². The Balaban J connectivity index is 1.78. The Morgan fingerprint density at radius 2 is 2.23 bits per heavy atom. The van der Waals surface area contributed by atoms with Gasteiger partial charge in [0.1, 0.15) is 5.69 Å². The number of carbonyl (C=O) groups excluding carboxylic acids is 1. The highest BCUT2D eigenvalue weighted by atomic mass is 16.6. The average Bonchev–Trinajstić information content (AvgIpc) is 3.23. The highest BCUT2D eigenvalue weighted by molar-refractivity contribution is 5.81. The molecule has 1 heterocycles. The fourth-order valence-electron chi connectivity index (χ4n) is 2.89. The second kappa shape index (κ2) is 5.82. The molecule has 1 N–H and O–H groups in total. The van der Waals surface area contributed by atoms with E-state index in [1.165, 1.54) is 0 Å². The van der Waals surface area contributed by atoms with Crippen LogP contribution in [0.2, 0.25) is 0 Å². The molecular weight excluding hydrogens is 286 g/mol. The number of nitro benzene ring substituents is 1. The Labute approximate surface area is 128 Å². The van der Waals surface area contributed by atoms with Gasteiger partial charge in [-0.2, -0.15) is 0 Å². The van der Waals surface area contributed by atoms with E-state index in [9.17, 15) is 14.9 Å². The number of carbonyl (C=O) groups is 1. The summed E-state index contributed by atoms with van der Waals surface area (Å²) in [5, 5.41) is 14.5. The number of benzene rings is 1. The number of nitrogens with zero attached hydrogens (tertiary/aromatic N) is 2. The van der Waals surface area contributed by atoms with Crippen LogP contribution in [0, 0.1) is 10.1 Å². The first kappa shape index (κ1) is 14.6. The van der Waals surface area contributed by atoms with Gasteiger partial charge in [0.15, 0.2) is 5.75 Å². The van der Waals surface area contributed by atoms with Gasteiger partial charge in [-0.1, -0.05) is 6.07 Å². The van der Waals surface area contributed by atoms with Crippen LogP contribution in [0.3, 0.4) is 0 Å². The summed E-state index contributed by atoms with van der Waals surface area (Å²) in [7, 11) is 0. The van der Waals surface area contributed by atoms with E-state index in [-0.39, 0.29) is 23.4 Å². The van der Waals surface area contributed by atoms with Gasteiger partial charge >= 0.3 is 5.69 Å². The fraction of sp³-hybridized carbons (Fsp3) is 0.533. The van der Waals surface area contributed by atoms with Crippen molar-refractivity contribution in [1.82, 2.24) is 4.90 Å². The summed E-state index contributed by atoms with van der Waals surface area (Å²) in [4.78, 5) is 24.8. The van der Waals surface area contributed by atoms with E-state index in [0.717, 1.165) is 12.8 Å². The summed E-state index contributed by atoms with van der Waals surface area (Å²) in [5.41, 5.74) is 0.341. The normalized spacial score (nSPS) is 21.0. The van der Waals surface area contributed by atoms with Crippen LogP contribution in [0.1, 0.15) is 26.2 Å². The Morgan fingerprint density at radius 3 is 2.86 bits per heavy atom. The average molecular weight is 305 g/mol. The van der Waals surface area contributed by atoms with E-state index < -0.39 is 4.92 Å². The van der Waals surface area contributed by atoms with E-state index in [4.69, 9.17) is 4.74 Å². The number of amides is 1. The summed E-state index contributed by atoms with van der Waals surface area (Å²) >= 11 is 0. The van der Waals surface area contributed by atoms with Gasteiger partial charge in [0.2, 0.25) is 5.91 Å². The summed E-state index contributed by atoms with van der Waals surface area (Å²) in [6.45, 7) is 2.76. The van der Waals surface area contributed by atoms with Crippen molar-refractivity contribution in [2.24, 2.45) is 0 Å². The molecule has 1 aliphatic heterocycles. The summed E-state index contributed by atoms with van der Waals surface area (Å²) < 4.78 is 5.33. The van der Waals surface area contributed by atoms with Crippen LogP contribution in [0.15, 0.2) is 18.2 Å². The van der Waals surface area contributed by atoms with Crippen molar-refractivity contribution in [3.8, 4) is 5.75 Å². The molecule has 1 atom stereocenters. The number of hydrogen-bond acceptors (Lipinski definition) is 5. The van der Waals surface area contributed by atoms with Crippen LogP contribution in [0.25, 0.3) is 0 Å². The first-order chi connectivity index (χ1) is 10.6. The number of para-hydroxylation sites is 1. The van der Waals surface area contributed by atoms with E-state index >= 15 is 0 Å². The molecule has 1 saturated heterocycles. The molecule has 0 unspecified atom stereocenters. The molecule has 1 aromatic carbocycles. The Morgan fingerprint density at radius 1 is 1.45 bits per heavy atom. The van der Waals surface area contributed by atoms with Gasteiger partial charge in [-0.05, 0) is 31.9 Å². The molecule has 3 rings (SSSR count). The van der Waals surface area contributed by atoms with Gasteiger partial charge in [-0.15, -0.1) is 0 Å². The van der Waals surface area contributed by atoms with Gasteiger partial charge in [-0.25, -0.2) is 0 Å². The second-order valence-corrected chi connectivity index (χ2v) is 5.67. The van der Waals surface area contributed by atoms with Crippen molar-refractivity contribution in [2.45, 2.75) is 38.3 Å². The van der Waals surface area contributed by atoms with Crippen LogP contribution in [0.5, 0.6) is 5.75 Å². The number of nitro groups is 1. The standard InChI is InChI=1S/C15H19N3O4/c1-2-22-13-5-3-4-12(15(13)18(20)21)16-10-8-14(19)17(9-10)11-6-7-11/h3-5,10-11,16H,2,6-9H2,1H3/t10-/m1/s1. The lowest BCUT2D eigenvalue weighted by atomic mass is 10.2. The third-order valence-electron chi connectivity index (χ3n) is 3.99. The third kappa shape index (κ3) is 2.84. The van der Waals surface area contributed by atoms with Crippen LogP contribution in [0.4, 0.5) is 11.4 Å². The van der Waals surface area contributed by atoms with Crippen LogP contribution in [-0.2, 0) is 4.79 Å². The minimum atomic E-state index is -0.442. The Bertz CT molecular complexity index is 600. The minimum Gasteiger partial charge on any atom is -0.487 e. The topological polar surface area (TPSA) is 84.7 Å². The monoisotopic (exact) mass is 305 g/mol. The van der Waals surface area contributed by atoms with Gasteiger partial charge in [0.25, 0.3) is 0 Å². The second-order valence-electron chi connectivity index (χ2n) is 5.67. The molecule has 0 radical (unpaired) electrons. The summed E-state index contributed by atoms with van der Waals surface area (Å²) in [5.74, 6) is 0.379. The number of likely N-dealkylation sites (tertiary alicyclic amines) is 1. The molecular formula is C15H19N3O4. The third-order valence-corrected chi connectivity index (χ3v) is 3.99. The number of ether oxygens (including phenoxy) is 1. The first-order valence-electron chi connectivity index (χ1n) is 7.56. The smallest absolute Gasteiger partial charge is 0.333 e. The van der Waals surface area contributed by atoms with Crippen LogP contribution in [-0.4, -0.2) is 41.0 Å². The predicted molar refractivity (Wildman–Crippen MR) is 81.0 cm³/mol. The molecule has 1 aromatic rings.